The highest BCUT2D eigenvalue weighted by molar-refractivity contribution is 7.79. The van der Waals surface area contributed by atoms with E-state index in [4.69, 9.17) is 4.55 Å². The molecule has 0 radical (unpaired) electrons. The molecule has 0 aromatic rings. The maximum Gasteiger partial charge on any atom is 0.489 e. The van der Waals surface area contributed by atoms with Crippen molar-refractivity contribution in [2.45, 2.75) is 0 Å². The van der Waals surface area contributed by atoms with E-state index in [0.717, 1.165) is 14.2 Å². The summed E-state index contributed by atoms with van der Waals surface area (Å²) in [6.07, 6.45) is 0. The van der Waals surface area contributed by atoms with Gasteiger partial charge in [0.05, 0.1) is 0 Å². The molecule has 1 unspecified atom stereocenters. The summed E-state index contributed by atoms with van der Waals surface area (Å²) in [5.41, 5.74) is 0. The molecule has 62 valence electrons. The molecule has 0 heterocycles. The van der Waals surface area contributed by atoms with Gasteiger partial charge in [0, 0.05) is 14.2 Å². The van der Waals surface area contributed by atoms with Gasteiger partial charge in [0.15, 0.2) is 0 Å². The normalized spacial score (nSPS) is 15.1. The van der Waals surface area contributed by atoms with E-state index in [2.05, 4.69) is 13.0 Å². The standard InChI is InChI=1S/C2H7O6PS/c1-6-9(3,7-2)8-10(4)5/h1-2H3,(H,4,5). The number of phosphoric acid groups is 1. The fourth-order valence-corrected chi connectivity index (χ4v) is 1.47. The molecule has 10 heavy (non-hydrogen) atoms. The lowest BCUT2D eigenvalue weighted by molar-refractivity contribution is 0.212. The molecule has 0 aliphatic rings. The Labute approximate surface area is 60.6 Å². The van der Waals surface area contributed by atoms with Crippen molar-refractivity contribution in [2.24, 2.45) is 0 Å². The zero-order chi connectivity index (χ0) is 8.20. The average Bonchev–Trinajstić information content (AvgIpc) is 1.87. The van der Waals surface area contributed by atoms with E-state index in [0.29, 0.717) is 0 Å². The van der Waals surface area contributed by atoms with Crippen molar-refractivity contribution in [3.8, 4) is 0 Å². The second-order valence-electron chi connectivity index (χ2n) is 1.10. The third-order valence-corrected chi connectivity index (χ3v) is 2.74. The Morgan fingerprint density at radius 3 is 1.90 bits per heavy atom. The van der Waals surface area contributed by atoms with Crippen LogP contribution in [-0.2, 0) is 28.9 Å². The minimum Gasteiger partial charge on any atom is -0.290 e. The Morgan fingerprint density at radius 1 is 1.40 bits per heavy atom. The van der Waals surface area contributed by atoms with Crippen molar-refractivity contribution >= 4 is 19.2 Å². The van der Waals surface area contributed by atoms with Crippen LogP contribution in [0.25, 0.3) is 0 Å². The Kier molecular flexibility index (Phi) is 4.26. The Morgan fingerprint density at radius 2 is 1.80 bits per heavy atom. The van der Waals surface area contributed by atoms with E-state index in [1.54, 1.807) is 0 Å². The van der Waals surface area contributed by atoms with Crippen molar-refractivity contribution in [3.05, 3.63) is 0 Å². The van der Waals surface area contributed by atoms with Gasteiger partial charge in [0.1, 0.15) is 0 Å². The van der Waals surface area contributed by atoms with Crippen molar-refractivity contribution in [1.82, 2.24) is 0 Å². The quantitative estimate of drug-likeness (QED) is 0.514. The van der Waals surface area contributed by atoms with Crippen LogP contribution in [0, 0.1) is 0 Å². The van der Waals surface area contributed by atoms with Gasteiger partial charge in [0.25, 0.3) is 0 Å². The van der Waals surface area contributed by atoms with Gasteiger partial charge in [-0.1, -0.05) is 0 Å². The number of phosphoric ester groups is 1. The van der Waals surface area contributed by atoms with Gasteiger partial charge in [-0.2, -0.15) is 8.18 Å². The van der Waals surface area contributed by atoms with E-state index in [-0.39, 0.29) is 0 Å². The fourth-order valence-electron chi connectivity index (χ4n) is 0.213. The summed E-state index contributed by atoms with van der Waals surface area (Å²) < 4.78 is 40.9. The SMILES string of the molecule is COP(=O)(OC)OS(=O)O. The summed E-state index contributed by atoms with van der Waals surface area (Å²) in [6, 6.07) is 0. The summed E-state index contributed by atoms with van der Waals surface area (Å²) in [5, 5.41) is 0. The van der Waals surface area contributed by atoms with Crippen molar-refractivity contribution in [2.75, 3.05) is 14.2 Å². The molecule has 1 N–H and O–H groups in total. The third-order valence-electron chi connectivity index (χ3n) is 0.602. The van der Waals surface area contributed by atoms with Gasteiger partial charge in [-0.15, -0.1) is 0 Å². The first-order valence-electron chi connectivity index (χ1n) is 2.06. The highest BCUT2D eigenvalue weighted by Crippen LogP contribution is 2.47. The predicted octanol–water partition coefficient (Wildman–Crippen LogP) is 0.541. The van der Waals surface area contributed by atoms with E-state index < -0.39 is 19.2 Å². The lowest BCUT2D eigenvalue weighted by atomic mass is 11.8. The third kappa shape index (κ3) is 3.40. The van der Waals surface area contributed by atoms with E-state index in [1.165, 1.54) is 0 Å². The molecule has 0 bridgehead atoms. The maximum absolute atomic E-state index is 10.7. The smallest absolute Gasteiger partial charge is 0.290 e. The Hall–Kier alpha value is 0.220. The predicted molar refractivity (Wildman–Crippen MR) is 33.5 cm³/mol. The van der Waals surface area contributed by atoms with Crippen LogP contribution in [0.4, 0.5) is 0 Å². The summed E-state index contributed by atoms with van der Waals surface area (Å²) in [7, 11) is -1.71. The molecule has 0 spiro atoms. The Balaban J connectivity index is 4.07. The van der Waals surface area contributed by atoms with Gasteiger partial charge in [0.2, 0.25) is 0 Å². The molecule has 0 aromatic carbocycles. The molecule has 6 nitrogen and oxygen atoms in total. The zero-order valence-corrected chi connectivity index (χ0v) is 7.05. The molecular formula is C2H7O6PS. The molecule has 0 rings (SSSR count). The van der Waals surface area contributed by atoms with Crippen molar-refractivity contribution in [3.63, 3.8) is 0 Å². The highest BCUT2D eigenvalue weighted by atomic mass is 32.2. The molecule has 0 aliphatic heterocycles. The minimum absolute atomic E-state index is 1.04. The van der Waals surface area contributed by atoms with Crippen LogP contribution in [0.3, 0.4) is 0 Å². The maximum atomic E-state index is 10.7. The summed E-state index contributed by atoms with van der Waals surface area (Å²) in [5.74, 6) is 0. The monoisotopic (exact) mass is 190 g/mol. The highest BCUT2D eigenvalue weighted by Gasteiger charge is 2.25. The van der Waals surface area contributed by atoms with Crippen molar-refractivity contribution < 1.29 is 26.3 Å². The average molecular weight is 190 g/mol. The van der Waals surface area contributed by atoms with Crippen LogP contribution in [-0.4, -0.2) is 23.0 Å². The van der Waals surface area contributed by atoms with Gasteiger partial charge in [-0.05, 0) is 0 Å². The molecule has 0 aromatic heterocycles. The first kappa shape index (κ1) is 10.2. The number of rotatable bonds is 4. The zero-order valence-electron chi connectivity index (χ0n) is 5.34. The molecule has 0 aliphatic carbocycles. The molecule has 8 heteroatoms. The van der Waals surface area contributed by atoms with E-state index in [1.807, 2.05) is 0 Å². The lowest BCUT2D eigenvalue weighted by Crippen LogP contribution is -1.96. The second kappa shape index (κ2) is 4.17. The van der Waals surface area contributed by atoms with E-state index in [9.17, 15) is 8.77 Å². The minimum atomic E-state index is -3.79. The molecular weight excluding hydrogens is 183 g/mol. The molecule has 1 atom stereocenters. The summed E-state index contributed by atoms with van der Waals surface area (Å²) >= 11 is -2.65. The Bertz CT molecular complexity index is 159. The van der Waals surface area contributed by atoms with Gasteiger partial charge in [-0.25, -0.2) is 4.57 Å². The van der Waals surface area contributed by atoms with Crippen LogP contribution < -0.4 is 0 Å². The number of hydrogen-bond donors (Lipinski definition) is 1. The second-order valence-corrected chi connectivity index (χ2v) is 3.76. The van der Waals surface area contributed by atoms with Crippen LogP contribution in [0.5, 0.6) is 0 Å². The largest absolute Gasteiger partial charge is 0.489 e. The van der Waals surface area contributed by atoms with Crippen LogP contribution >= 0.6 is 7.82 Å². The molecule has 0 saturated heterocycles. The van der Waals surface area contributed by atoms with E-state index >= 15 is 0 Å². The lowest BCUT2D eigenvalue weighted by Gasteiger charge is -2.08. The van der Waals surface area contributed by atoms with Gasteiger partial charge >= 0.3 is 19.2 Å². The van der Waals surface area contributed by atoms with Crippen LogP contribution in [0.1, 0.15) is 0 Å². The van der Waals surface area contributed by atoms with Crippen LogP contribution in [0.15, 0.2) is 0 Å². The van der Waals surface area contributed by atoms with Crippen molar-refractivity contribution in [1.29, 1.82) is 0 Å². The van der Waals surface area contributed by atoms with Crippen LogP contribution in [0.2, 0.25) is 0 Å². The summed E-state index contributed by atoms with van der Waals surface area (Å²) in [4.78, 5) is 0. The molecule has 0 saturated carbocycles. The fraction of sp³-hybridized carbons (Fsp3) is 1.00. The van der Waals surface area contributed by atoms with Gasteiger partial charge in [-0.3, -0.25) is 13.6 Å². The topological polar surface area (TPSA) is 82.1 Å². The molecule has 0 fully saturated rings. The first-order valence-corrected chi connectivity index (χ1v) is 4.56. The first-order chi connectivity index (χ1) is 4.54. The van der Waals surface area contributed by atoms with Gasteiger partial charge < -0.3 is 0 Å². The molecule has 0 amide bonds. The number of hydrogen-bond acceptors (Lipinski definition) is 5. The summed E-state index contributed by atoms with van der Waals surface area (Å²) in [6.45, 7) is 0.